The largest absolute Gasteiger partial charge is 0.486 e. The number of nitrogens with zero attached hydrogens (tertiary/aromatic N) is 1. The summed E-state index contributed by atoms with van der Waals surface area (Å²) < 4.78 is 24.8. The Kier molecular flexibility index (Phi) is 4.77. The predicted octanol–water partition coefficient (Wildman–Crippen LogP) is 3.06. The summed E-state index contributed by atoms with van der Waals surface area (Å²) in [5, 5.41) is 2.73. The number of hydrogen-bond donors (Lipinski definition) is 2. The summed E-state index contributed by atoms with van der Waals surface area (Å²) in [7, 11) is 0. The van der Waals surface area contributed by atoms with E-state index in [-0.39, 0.29) is 17.6 Å². The number of nitrogens with one attached hydrogen (secondary N) is 1. The van der Waals surface area contributed by atoms with Crippen molar-refractivity contribution in [1.82, 2.24) is 4.90 Å². The summed E-state index contributed by atoms with van der Waals surface area (Å²) >= 11 is 0. The molecule has 0 bridgehead atoms. The molecule has 0 saturated carbocycles. The zero-order valence-electron chi connectivity index (χ0n) is 15.1. The molecule has 7 nitrogen and oxygen atoms in total. The highest BCUT2D eigenvalue weighted by Crippen LogP contribution is 2.38. The van der Waals surface area contributed by atoms with E-state index in [9.17, 15) is 14.0 Å². The molecular formula is C20H20FN3O4. The van der Waals surface area contributed by atoms with Gasteiger partial charge in [0.05, 0.1) is 11.6 Å². The molecule has 0 aliphatic carbocycles. The van der Waals surface area contributed by atoms with Gasteiger partial charge in [-0.15, -0.1) is 0 Å². The van der Waals surface area contributed by atoms with Gasteiger partial charge in [0.2, 0.25) is 0 Å². The van der Waals surface area contributed by atoms with Gasteiger partial charge in [-0.05, 0) is 48.7 Å². The number of anilines is 1. The van der Waals surface area contributed by atoms with Crippen LogP contribution in [0.3, 0.4) is 0 Å². The Hall–Kier alpha value is -3.29. The van der Waals surface area contributed by atoms with Crippen molar-refractivity contribution in [2.75, 3.05) is 25.1 Å². The monoisotopic (exact) mass is 385 g/mol. The van der Waals surface area contributed by atoms with E-state index in [4.69, 9.17) is 15.2 Å². The second-order valence-electron chi connectivity index (χ2n) is 6.74. The third kappa shape index (κ3) is 3.45. The van der Waals surface area contributed by atoms with Crippen molar-refractivity contribution in [3.8, 4) is 11.5 Å². The number of likely N-dealkylation sites (tertiary alicyclic amines) is 1. The molecule has 146 valence electrons. The number of rotatable bonds is 3. The lowest BCUT2D eigenvalue weighted by Gasteiger charge is -2.27. The Morgan fingerprint density at radius 1 is 1.11 bits per heavy atom. The number of amides is 3. The van der Waals surface area contributed by atoms with Crippen molar-refractivity contribution in [1.29, 1.82) is 0 Å². The van der Waals surface area contributed by atoms with Crippen LogP contribution in [-0.2, 0) is 0 Å². The lowest BCUT2D eigenvalue weighted by atomic mass is 10.0. The molecule has 0 spiro atoms. The quantitative estimate of drug-likeness (QED) is 0.849. The predicted molar refractivity (Wildman–Crippen MR) is 100 cm³/mol. The average molecular weight is 385 g/mol. The Balaban J connectivity index is 1.53. The molecule has 1 fully saturated rings. The van der Waals surface area contributed by atoms with Crippen LogP contribution in [-0.4, -0.2) is 36.6 Å². The maximum atomic E-state index is 13.6. The molecule has 1 saturated heterocycles. The maximum absolute atomic E-state index is 13.6. The zero-order valence-corrected chi connectivity index (χ0v) is 15.1. The van der Waals surface area contributed by atoms with Crippen LogP contribution < -0.4 is 20.5 Å². The second-order valence-corrected chi connectivity index (χ2v) is 6.74. The van der Waals surface area contributed by atoms with E-state index >= 15 is 0 Å². The molecule has 2 heterocycles. The van der Waals surface area contributed by atoms with Gasteiger partial charge in [0.25, 0.3) is 5.91 Å². The van der Waals surface area contributed by atoms with Crippen molar-refractivity contribution in [2.45, 2.75) is 18.9 Å². The van der Waals surface area contributed by atoms with E-state index in [0.717, 1.165) is 24.5 Å². The fourth-order valence-corrected chi connectivity index (χ4v) is 3.61. The van der Waals surface area contributed by atoms with Gasteiger partial charge in [-0.25, -0.2) is 9.18 Å². The van der Waals surface area contributed by atoms with E-state index in [2.05, 4.69) is 5.32 Å². The van der Waals surface area contributed by atoms with Gasteiger partial charge in [0.15, 0.2) is 11.5 Å². The van der Waals surface area contributed by atoms with Gasteiger partial charge in [-0.3, -0.25) is 4.79 Å². The van der Waals surface area contributed by atoms with Crippen LogP contribution in [0.2, 0.25) is 0 Å². The zero-order chi connectivity index (χ0) is 19.7. The van der Waals surface area contributed by atoms with Gasteiger partial charge in [0, 0.05) is 12.2 Å². The number of benzene rings is 2. The third-order valence-corrected chi connectivity index (χ3v) is 4.95. The average Bonchev–Trinajstić information content (AvgIpc) is 3.19. The molecule has 28 heavy (non-hydrogen) atoms. The minimum absolute atomic E-state index is 0.105. The summed E-state index contributed by atoms with van der Waals surface area (Å²) in [4.78, 5) is 25.8. The van der Waals surface area contributed by atoms with E-state index < -0.39 is 11.7 Å². The summed E-state index contributed by atoms with van der Waals surface area (Å²) in [6.07, 6.45) is 1.69. The van der Waals surface area contributed by atoms with Crippen LogP contribution >= 0.6 is 0 Å². The molecule has 2 aliphatic rings. The van der Waals surface area contributed by atoms with Crippen LogP contribution in [0.4, 0.5) is 14.9 Å². The molecule has 2 aliphatic heterocycles. The van der Waals surface area contributed by atoms with Crippen LogP contribution in [0.5, 0.6) is 11.5 Å². The fourth-order valence-electron chi connectivity index (χ4n) is 3.61. The topological polar surface area (TPSA) is 93.9 Å². The van der Waals surface area contributed by atoms with Crippen molar-refractivity contribution < 1.29 is 23.5 Å². The number of urea groups is 1. The Morgan fingerprint density at radius 2 is 1.89 bits per heavy atom. The standard InChI is InChI=1S/C20H20FN3O4/c21-15-5-4-13(11-14(15)19(22)25)23-20(26)24-7-1-2-16(24)12-3-6-17-18(10-12)28-9-8-27-17/h3-6,10-11,16H,1-2,7-9H2,(H2,22,25)(H,23,26). The van der Waals surface area contributed by atoms with Crippen molar-refractivity contribution in [3.63, 3.8) is 0 Å². The molecule has 3 amide bonds. The molecule has 2 aromatic rings. The lowest BCUT2D eigenvalue weighted by molar-refractivity contribution is 0.0996. The maximum Gasteiger partial charge on any atom is 0.322 e. The highest BCUT2D eigenvalue weighted by molar-refractivity contribution is 5.96. The number of primary amides is 1. The smallest absolute Gasteiger partial charge is 0.322 e. The van der Waals surface area contributed by atoms with Gasteiger partial charge in [-0.2, -0.15) is 0 Å². The lowest BCUT2D eigenvalue weighted by Crippen LogP contribution is -2.34. The van der Waals surface area contributed by atoms with Gasteiger partial charge >= 0.3 is 6.03 Å². The van der Waals surface area contributed by atoms with Crippen molar-refractivity contribution in [2.24, 2.45) is 5.73 Å². The van der Waals surface area contributed by atoms with Crippen molar-refractivity contribution in [3.05, 3.63) is 53.3 Å². The SMILES string of the molecule is NC(=O)c1cc(NC(=O)N2CCCC2c2ccc3c(c2)OCCO3)ccc1F. The molecule has 1 atom stereocenters. The molecule has 0 aromatic heterocycles. The first-order valence-corrected chi connectivity index (χ1v) is 9.09. The normalized spacial score (nSPS) is 18.0. The van der Waals surface area contributed by atoms with Crippen LogP contribution in [0.15, 0.2) is 36.4 Å². The summed E-state index contributed by atoms with van der Waals surface area (Å²) in [5.41, 5.74) is 6.18. The van der Waals surface area contributed by atoms with Gasteiger partial charge in [0.1, 0.15) is 19.0 Å². The number of hydrogen-bond acceptors (Lipinski definition) is 4. The second kappa shape index (κ2) is 7.38. The summed E-state index contributed by atoms with van der Waals surface area (Å²) in [6, 6.07) is 9.03. The Bertz CT molecular complexity index is 934. The van der Waals surface area contributed by atoms with E-state index in [1.54, 1.807) is 4.90 Å². The molecule has 0 radical (unpaired) electrons. The first-order valence-electron chi connectivity index (χ1n) is 9.09. The summed E-state index contributed by atoms with van der Waals surface area (Å²) in [5.74, 6) is -0.223. The number of carbonyl (C=O) groups is 2. The minimum Gasteiger partial charge on any atom is -0.486 e. The van der Waals surface area contributed by atoms with Crippen molar-refractivity contribution >= 4 is 17.6 Å². The highest BCUT2D eigenvalue weighted by Gasteiger charge is 2.31. The molecule has 8 heteroatoms. The molecule has 1 unspecified atom stereocenters. The van der Waals surface area contributed by atoms with Gasteiger partial charge < -0.3 is 25.4 Å². The van der Waals surface area contributed by atoms with Gasteiger partial charge in [-0.1, -0.05) is 6.07 Å². The van der Waals surface area contributed by atoms with E-state index in [1.807, 2.05) is 18.2 Å². The summed E-state index contributed by atoms with van der Waals surface area (Å²) in [6.45, 7) is 1.61. The Morgan fingerprint density at radius 3 is 2.68 bits per heavy atom. The molecule has 4 rings (SSSR count). The molecule has 3 N–H and O–H groups in total. The Labute approximate surface area is 161 Å². The first-order chi connectivity index (χ1) is 13.5. The minimum atomic E-state index is -0.885. The van der Waals surface area contributed by atoms with E-state index in [0.29, 0.717) is 36.9 Å². The number of ether oxygens (including phenoxy) is 2. The number of fused-ring (bicyclic) bond motifs is 1. The van der Waals surface area contributed by atoms with E-state index in [1.165, 1.54) is 12.1 Å². The first kappa shape index (κ1) is 18.1. The van der Waals surface area contributed by atoms with Crippen LogP contribution in [0.1, 0.15) is 34.8 Å². The molecular weight excluding hydrogens is 365 g/mol. The number of nitrogens with two attached hydrogens (primary N) is 1. The van der Waals surface area contributed by atoms with Crippen LogP contribution in [0, 0.1) is 5.82 Å². The molecule has 2 aromatic carbocycles. The number of carbonyl (C=O) groups excluding carboxylic acids is 2. The highest BCUT2D eigenvalue weighted by atomic mass is 19.1. The third-order valence-electron chi connectivity index (χ3n) is 4.95. The fraction of sp³-hybridized carbons (Fsp3) is 0.300. The van der Waals surface area contributed by atoms with Crippen LogP contribution in [0.25, 0.3) is 0 Å². The number of halogens is 1.